The molecule has 0 aromatic carbocycles. The van der Waals surface area contributed by atoms with Crippen molar-refractivity contribution in [2.75, 3.05) is 0 Å². The molecular formula is C11H18F3NO. The Morgan fingerprint density at radius 1 is 1.19 bits per heavy atom. The number of carbonyl (C=O) groups is 1. The van der Waals surface area contributed by atoms with E-state index < -0.39 is 29.1 Å². The number of amides is 1. The van der Waals surface area contributed by atoms with Crippen LogP contribution in [-0.4, -0.2) is 17.6 Å². The van der Waals surface area contributed by atoms with Crippen LogP contribution in [0.3, 0.4) is 0 Å². The maximum Gasteiger partial charge on any atom is 0.413 e. The summed E-state index contributed by atoms with van der Waals surface area (Å²) in [4.78, 5) is 11.3. The Hall–Kier alpha value is -1.00. The number of nitrogens with one attached hydrogen (secondary N) is 1. The molecule has 0 aromatic rings. The van der Waals surface area contributed by atoms with Crippen molar-refractivity contribution >= 4 is 5.91 Å². The molecule has 16 heavy (non-hydrogen) atoms. The first-order chi connectivity index (χ1) is 6.93. The summed E-state index contributed by atoms with van der Waals surface area (Å²) in [6.07, 6.45) is -3.82. The Morgan fingerprint density at radius 2 is 1.62 bits per heavy atom. The van der Waals surface area contributed by atoms with Crippen LogP contribution in [0.25, 0.3) is 0 Å². The van der Waals surface area contributed by atoms with Crippen LogP contribution in [-0.2, 0) is 4.79 Å². The summed E-state index contributed by atoms with van der Waals surface area (Å²) in [7, 11) is 0. The first kappa shape index (κ1) is 15.0. The highest BCUT2D eigenvalue weighted by atomic mass is 19.4. The van der Waals surface area contributed by atoms with Crippen LogP contribution >= 0.6 is 0 Å². The zero-order valence-corrected chi connectivity index (χ0v) is 10.2. The van der Waals surface area contributed by atoms with Gasteiger partial charge in [-0.05, 0) is 26.7 Å². The van der Waals surface area contributed by atoms with E-state index in [0.717, 1.165) is 0 Å². The van der Waals surface area contributed by atoms with Gasteiger partial charge in [0.25, 0.3) is 0 Å². The van der Waals surface area contributed by atoms with E-state index in [9.17, 15) is 18.0 Å². The highest BCUT2D eigenvalue weighted by molar-refractivity contribution is 5.89. The largest absolute Gasteiger partial charge is 0.413 e. The third-order valence-corrected chi connectivity index (χ3v) is 1.73. The molecule has 0 saturated carbocycles. The Kier molecular flexibility index (Phi) is 4.58. The first-order valence-electron chi connectivity index (χ1n) is 5.04. The van der Waals surface area contributed by atoms with Gasteiger partial charge in [-0.1, -0.05) is 13.8 Å². The van der Waals surface area contributed by atoms with E-state index in [-0.39, 0.29) is 0 Å². The monoisotopic (exact) mass is 237 g/mol. The maximum atomic E-state index is 12.5. The lowest BCUT2D eigenvalue weighted by molar-refractivity contribution is -0.120. The zero-order chi connectivity index (χ0) is 13.1. The van der Waals surface area contributed by atoms with Crippen molar-refractivity contribution in [3.05, 3.63) is 11.6 Å². The van der Waals surface area contributed by atoms with E-state index in [1.807, 2.05) is 0 Å². The van der Waals surface area contributed by atoms with Gasteiger partial charge in [0.2, 0.25) is 5.91 Å². The van der Waals surface area contributed by atoms with Crippen molar-refractivity contribution < 1.29 is 18.0 Å². The predicted molar refractivity (Wildman–Crippen MR) is 56.9 cm³/mol. The molecule has 0 radical (unpaired) electrons. The molecule has 0 aromatic heterocycles. The molecule has 5 heteroatoms. The summed E-state index contributed by atoms with van der Waals surface area (Å²) in [5.41, 5.74) is -1.35. The quantitative estimate of drug-likeness (QED) is 0.735. The van der Waals surface area contributed by atoms with Gasteiger partial charge in [-0.2, -0.15) is 13.2 Å². The second-order valence-corrected chi connectivity index (χ2v) is 4.99. The van der Waals surface area contributed by atoms with Crippen molar-refractivity contribution in [2.45, 2.75) is 46.3 Å². The molecule has 1 N–H and O–H groups in total. The minimum atomic E-state index is -4.45. The highest BCUT2D eigenvalue weighted by Gasteiger charge is 2.36. The molecular weight excluding hydrogens is 219 g/mol. The topological polar surface area (TPSA) is 29.1 Å². The number of hydrogen-bond donors (Lipinski definition) is 1. The van der Waals surface area contributed by atoms with E-state index >= 15 is 0 Å². The number of allylic oxidation sites excluding steroid dienone is 1. The molecule has 0 unspecified atom stereocenters. The van der Waals surface area contributed by atoms with Crippen molar-refractivity contribution in [3.8, 4) is 0 Å². The molecule has 0 aliphatic rings. The molecule has 0 saturated heterocycles. The third kappa shape index (κ3) is 5.78. The van der Waals surface area contributed by atoms with Crippen molar-refractivity contribution in [2.24, 2.45) is 5.92 Å². The van der Waals surface area contributed by atoms with Crippen LogP contribution in [0.1, 0.15) is 34.6 Å². The average molecular weight is 237 g/mol. The fourth-order valence-electron chi connectivity index (χ4n) is 1.12. The summed E-state index contributed by atoms with van der Waals surface area (Å²) in [6.45, 7) is 7.94. The third-order valence-electron chi connectivity index (χ3n) is 1.73. The molecule has 0 fully saturated rings. The van der Waals surface area contributed by atoms with Gasteiger partial charge in [-0.3, -0.25) is 4.79 Å². The Morgan fingerprint density at radius 3 is 1.88 bits per heavy atom. The molecule has 0 aliphatic heterocycles. The van der Waals surface area contributed by atoms with Gasteiger partial charge < -0.3 is 5.32 Å². The van der Waals surface area contributed by atoms with Crippen LogP contribution in [0.2, 0.25) is 0 Å². The Balaban J connectivity index is 4.90. The average Bonchev–Trinajstić information content (AvgIpc) is 1.93. The number of carbonyl (C=O) groups excluding carboxylic acids is 1. The molecule has 2 nitrogen and oxygen atoms in total. The van der Waals surface area contributed by atoms with Gasteiger partial charge in [0, 0.05) is 17.2 Å². The first-order valence-corrected chi connectivity index (χ1v) is 5.04. The fourth-order valence-corrected chi connectivity index (χ4v) is 1.12. The van der Waals surface area contributed by atoms with Crippen molar-refractivity contribution in [1.29, 1.82) is 0 Å². The number of rotatable bonds is 2. The predicted octanol–water partition coefficient (Wildman–Crippen LogP) is 3.05. The minimum Gasteiger partial charge on any atom is -0.348 e. The second kappa shape index (κ2) is 4.89. The lowest BCUT2D eigenvalue weighted by Crippen LogP contribution is -2.40. The summed E-state index contributed by atoms with van der Waals surface area (Å²) < 4.78 is 37.5. The van der Waals surface area contributed by atoms with Gasteiger partial charge in [0.1, 0.15) is 0 Å². The van der Waals surface area contributed by atoms with Gasteiger partial charge in [-0.25, -0.2) is 0 Å². The highest BCUT2D eigenvalue weighted by Crippen LogP contribution is 2.30. The van der Waals surface area contributed by atoms with E-state index in [1.54, 1.807) is 20.8 Å². The Labute approximate surface area is 93.9 Å². The molecule has 1 amide bonds. The number of alkyl halides is 3. The molecule has 0 rings (SSSR count). The zero-order valence-electron chi connectivity index (χ0n) is 10.2. The normalized spacial score (nSPS) is 14.2. The van der Waals surface area contributed by atoms with Crippen LogP contribution in [0, 0.1) is 5.92 Å². The standard InChI is InChI=1S/C11H18F3NO/c1-7(2)8(11(12,13)14)6-9(16)15-10(3,4)5/h6-7H,1-5H3,(H,15,16)/b8-6+. The SMILES string of the molecule is CC(C)/C(=C\C(=O)NC(C)(C)C)C(F)(F)F. The van der Waals surface area contributed by atoms with Crippen LogP contribution in [0.15, 0.2) is 11.6 Å². The van der Waals surface area contributed by atoms with Crippen molar-refractivity contribution in [3.63, 3.8) is 0 Å². The minimum absolute atomic E-state index is 0.540. The summed E-state index contributed by atoms with van der Waals surface area (Å²) >= 11 is 0. The van der Waals surface area contributed by atoms with Crippen LogP contribution in [0.4, 0.5) is 13.2 Å². The molecule has 0 heterocycles. The van der Waals surface area contributed by atoms with Gasteiger partial charge in [0.05, 0.1) is 0 Å². The molecule has 0 aliphatic carbocycles. The Bertz CT molecular complexity index is 285. The van der Waals surface area contributed by atoms with E-state index in [2.05, 4.69) is 5.32 Å². The van der Waals surface area contributed by atoms with E-state index in [0.29, 0.717) is 6.08 Å². The van der Waals surface area contributed by atoms with Gasteiger partial charge in [-0.15, -0.1) is 0 Å². The number of halogens is 3. The number of hydrogen-bond acceptors (Lipinski definition) is 1. The second-order valence-electron chi connectivity index (χ2n) is 4.99. The lowest BCUT2D eigenvalue weighted by atomic mass is 10.0. The fraction of sp³-hybridized carbons (Fsp3) is 0.727. The lowest BCUT2D eigenvalue weighted by Gasteiger charge is -2.21. The van der Waals surface area contributed by atoms with E-state index in [4.69, 9.17) is 0 Å². The van der Waals surface area contributed by atoms with Crippen LogP contribution < -0.4 is 5.32 Å². The maximum absolute atomic E-state index is 12.5. The molecule has 0 spiro atoms. The summed E-state index contributed by atoms with van der Waals surface area (Å²) in [6, 6.07) is 0. The smallest absolute Gasteiger partial charge is 0.348 e. The van der Waals surface area contributed by atoms with E-state index in [1.165, 1.54) is 13.8 Å². The van der Waals surface area contributed by atoms with Crippen molar-refractivity contribution in [1.82, 2.24) is 5.32 Å². The summed E-state index contributed by atoms with van der Waals surface area (Å²) in [5, 5.41) is 2.46. The summed E-state index contributed by atoms with van der Waals surface area (Å²) in [5.74, 6) is -1.45. The van der Waals surface area contributed by atoms with Gasteiger partial charge >= 0.3 is 6.18 Å². The molecule has 0 bridgehead atoms. The van der Waals surface area contributed by atoms with Gasteiger partial charge in [0.15, 0.2) is 0 Å². The molecule has 0 atom stereocenters. The molecule has 94 valence electrons. The van der Waals surface area contributed by atoms with Crippen LogP contribution in [0.5, 0.6) is 0 Å².